The van der Waals surface area contributed by atoms with E-state index in [0.29, 0.717) is 38.0 Å². The second-order valence-corrected chi connectivity index (χ2v) is 8.06. The fraction of sp³-hybridized carbons (Fsp3) is 0.700. The monoisotopic (exact) mass is 401 g/mol. The molecule has 2 saturated heterocycles. The summed E-state index contributed by atoms with van der Waals surface area (Å²) in [5.41, 5.74) is 2.97. The summed E-state index contributed by atoms with van der Waals surface area (Å²) in [4.78, 5) is 16.9. The topological polar surface area (TPSA) is 81.3 Å². The molecule has 0 aliphatic carbocycles. The number of ether oxygens (including phenoxy) is 1. The quantitative estimate of drug-likeness (QED) is 0.724. The highest BCUT2D eigenvalue weighted by atomic mass is 16.5. The van der Waals surface area contributed by atoms with Crippen LogP contribution in [0.15, 0.2) is 12.4 Å². The molecular weight excluding hydrogens is 370 g/mol. The van der Waals surface area contributed by atoms with Crippen LogP contribution >= 0.6 is 0 Å². The number of aryl methyl sites for hydroxylation is 2. The third-order valence-corrected chi connectivity index (χ3v) is 6.21. The lowest BCUT2D eigenvalue weighted by Crippen LogP contribution is -2.40. The summed E-state index contributed by atoms with van der Waals surface area (Å²) >= 11 is 0. The molecule has 29 heavy (non-hydrogen) atoms. The van der Waals surface area contributed by atoms with Crippen molar-refractivity contribution in [3.63, 3.8) is 0 Å². The lowest BCUT2D eigenvalue weighted by molar-refractivity contribution is 0.0299. The minimum absolute atomic E-state index is 0.0501. The number of carbonyl (C=O) groups excluding carboxylic acids is 1. The number of amides is 1. The highest BCUT2D eigenvalue weighted by Gasteiger charge is 2.25. The number of piperidine rings is 1. The van der Waals surface area contributed by atoms with Gasteiger partial charge in [-0.05, 0) is 32.7 Å². The normalized spacial score (nSPS) is 20.9. The smallest absolute Gasteiger partial charge is 0.276 e. The van der Waals surface area contributed by atoms with Crippen LogP contribution in [0.3, 0.4) is 0 Å². The molecular formula is C20H31N7O2. The van der Waals surface area contributed by atoms with Gasteiger partial charge in [0, 0.05) is 50.5 Å². The Morgan fingerprint density at radius 3 is 2.83 bits per heavy atom. The minimum Gasteiger partial charge on any atom is -0.378 e. The van der Waals surface area contributed by atoms with Crippen molar-refractivity contribution in [1.82, 2.24) is 34.6 Å². The van der Waals surface area contributed by atoms with E-state index in [2.05, 4.69) is 27.2 Å². The molecule has 1 amide bonds. The molecule has 0 aromatic carbocycles. The summed E-state index contributed by atoms with van der Waals surface area (Å²) in [6.07, 6.45) is 8.50. The van der Waals surface area contributed by atoms with Gasteiger partial charge in [-0.3, -0.25) is 19.1 Å². The lowest BCUT2D eigenvalue weighted by Gasteiger charge is -2.35. The molecule has 2 aliphatic heterocycles. The van der Waals surface area contributed by atoms with Crippen LogP contribution < -0.4 is 0 Å². The summed E-state index contributed by atoms with van der Waals surface area (Å²) in [6.45, 7) is 7.40. The Morgan fingerprint density at radius 2 is 2.07 bits per heavy atom. The molecule has 4 rings (SSSR count). The van der Waals surface area contributed by atoms with Crippen molar-refractivity contribution in [2.75, 3.05) is 32.8 Å². The fourth-order valence-corrected chi connectivity index (χ4v) is 4.23. The van der Waals surface area contributed by atoms with E-state index in [1.165, 1.54) is 30.5 Å². The molecule has 0 N–H and O–H groups in total. The van der Waals surface area contributed by atoms with Crippen molar-refractivity contribution in [3.05, 3.63) is 29.3 Å². The Balaban J connectivity index is 1.34. The molecule has 1 atom stereocenters. The molecule has 2 fully saturated rings. The largest absolute Gasteiger partial charge is 0.378 e. The van der Waals surface area contributed by atoms with E-state index in [4.69, 9.17) is 4.74 Å². The first-order valence-electron chi connectivity index (χ1n) is 10.6. The van der Waals surface area contributed by atoms with Crippen LogP contribution in [0.1, 0.15) is 47.4 Å². The van der Waals surface area contributed by atoms with Gasteiger partial charge in [0.05, 0.1) is 25.6 Å². The third kappa shape index (κ3) is 4.67. The van der Waals surface area contributed by atoms with E-state index in [9.17, 15) is 4.79 Å². The molecule has 9 heteroatoms. The van der Waals surface area contributed by atoms with Crippen LogP contribution in [0.2, 0.25) is 0 Å². The summed E-state index contributed by atoms with van der Waals surface area (Å²) in [7, 11) is 1.99. The van der Waals surface area contributed by atoms with Gasteiger partial charge in [0.1, 0.15) is 0 Å². The predicted octanol–water partition coefficient (Wildman–Crippen LogP) is 1.24. The SMILES string of the molecule is Cc1c(CN2CCCCC2CCn2cc(C(=O)N3CCOCC3)nn2)cnn1C. The molecule has 0 spiro atoms. The number of hydrogen-bond acceptors (Lipinski definition) is 6. The summed E-state index contributed by atoms with van der Waals surface area (Å²) < 4.78 is 9.07. The van der Waals surface area contributed by atoms with E-state index in [1.807, 2.05) is 22.6 Å². The first-order valence-corrected chi connectivity index (χ1v) is 10.6. The van der Waals surface area contributed by atoms with Crippen molar-refractivity contribution in [2.45, 2.75) is 51.7 Å². The van der Waals surface area contributed by atoms with Crippen molar-refractivity contribution in [1.29, 1.82) is 0 Å². The van der Waals surface area contributed by atoms with Crippen LogP contribution in [0.4, 0.5) is 0 Å². The number of morpholine rings is 1. The van der Waals surface area contributed by atoms with Gasteiger partial charge in [0.2, 0.25) is 0 Å². The molecule has 4 heterocycles. The van der Waals surface area contributed by atoms with E-state index in [1.54, 1.807) is 11.1 Å². The Kier molecular flexibility index (Phi) is 6.25. The maximum absolute atomic E-state index is 12.5. The van der Waals surface area contributed by atoms with Crippen LogP contribution in [-0.2, 0) is 24.9 Å². The highest BCUT2D eigenvalue weighted by molar-refractivity contribution is 5.91. The van der Waals surface area contributed by atoms with Crippen molar-refractivity contribution in [3.8, 4) is 0 Å². The zero-order valence-electron chi connectivity index (χ0n) is 17.5. The van der Waals surface area contributed by atoms with Gasteiger partial charge in [-0.2, -0.15) is 5.10 Å². The van der Waals surface area contributed by atoms with Crippen LogP contribution in [-0.4, -0.2) is 79.4 Å². The molecule has 158 valence electrons. The Labute approximate surface area is 171 Å². The van der Waals surface area contributed by atoms with E-state index in [0.717, 1.165) is 26.1 Å². The molecule has 0 radical (unpaired) electrons. The summed E-state index contributed by atoms with van der Waals surface area (Å²) in [5, 5.41) is 12.7. The maximum Gasteiger partial charge on any atom is 0.276 e. The first kappa shape index (κ1) is 20.0. The predicted molar refractivity (Wildman–Crippen MR) is 107 cm³/mol. The van der Waals surface area contributed by atoms with Gasteiger partial charge in [-0.1, -0.05) is 11.6 Å². The van der Waals surface area contributed by atoms with E-state index >= 15 is 0 Å². The Bertz CT molecular complexity index is 825. The lowest BCUT2D eigenvalue weighted by atomic mass is 9.98. The van der Waals surface area contributed by atoms with Gasteiger partial charge in [0.15, 0.2) is 5.69 Å². The van der Waals surface area contributed by atoms with Gasteiger partial charge in [-0.15, -0.1) is 5.10 Å². The second-order valence-electron chi connectivity index (χ2n) is 8.06. The molecule has 2 aromatic rings. The number of nitrogens with zero attached hydrogens (tertiary/aromatic N) is 7. The van der Waals surface area contributed by atoms with Gasteiger partial charge in [0.25, 0.3) is 5.91 Å². The first-order chi connectivity index (χ1) is 14.1. The molecule has 2 aromatic heterocycles. The van der Waals surface area contributed by atoms with Gasteiger partial charge in [-0.25, -0.2) is 0 Å². The standard InChI is InChI=1S/C20H31N7O2/c1-16-17(13-21-24(16)2)14-26-7-4-3-5-18(26)6-8-27-15-19(22-23-27)20(28)25-9-11-29-12-10-25/h13,15,18H,3-12,14H2,1-2H3. The van der Waals surface area contributed by atoms with Crippen LogP contribution in [0.25, 0.3) is 0 Å². The molecule has 9 nitrogen and oxygen atoms in total. The summed E-state index contributed by atoms with van der Waals surface area (Å²) in [5.74, 6) is -0.0501. The number of carbonyl (C=O) groups is 1. The van der Waals surface area contributed by atoms with Gasteiger partial charge < -0.3 is 9.64 Å². The Hall–Kier alpha value is -2.26. The van der Waals surface area contributed by atoms with Crippen LogP contribution in [0.5, 0.6) is 0 Å². The maximum atomic E-state index is 12.5. The third-order valence-electron chi connectivity index (χ3n) is 6.21. The minimum atomic E-state index is -0.0501. The fourth-order valence-electron chi connectivity index (χ4n) is 4.23. The van der Waals surface area contributed by atoms with Gasteiger partial charge >= 0.3 is 0 Å². The Morgan fingerprint density at radius 1 is 1.24 bits per heavy atom. The molecule has 2 aliphatic rings. The molecule has 0 saturated carbocycles. The number of hydrogen-bond donors (Lipinski definition) is 0. The zero-order valence-corrected chi connectivity index (χ0v) is 17.5. The van der Waals surface area contributed by atoms with Crippen molar-refractivity contribution < 1.29 is 9.53 Å². The molecule has 1 unspecified atom stereocenters. The number of aromatic nitrogens is 5. The number of rotatable bonds is 6. The van der Waals surface area contributed by atoms with Crippen molar-refractivity contribution >= 4 is 5.91 Å². The second kappa shape index (κ2) is 9.04. The van der Waals surface area contributed by atoms with E-state index < -0.39 is 0 Å². The molecule has 0 bridgehead atoms. The van der Waals surface area contributed by atoms with Crippen LogP contribution in [0, 0.1) is 6.92 Å². The zero-order chi connectivity index (χ0) is 20.2. The van der Waals surface area contributed by atoms with Crippen molar-refractivity contribution in [2.24, 2.45) is 7.05 Å². The van der Waals surface area contributed by atoms with E-state index in [-0.39, 0.29) is 5.91 Å². The highest BCUT2D eigenvalue weighted by Crippen LogP contribution is 2.23. The average molecular weight is 402 g/mol. The average Bonchev–Trinajstić information content (AvgIpc) is 3.35. The number of likely N-dealkylation sites (tertiary alicyclic amines) is 1. The summed E-state index contributed by atoms with van der Waals surface area (Å²) in [6, 6.07) is 0.519.